The van der Waals surface area contributed by atoms with E-state index in [9.17, 15) is 0 Å². The molecule has 17 heavy (non-hydrogen) atoms. The van der Waals surface area contributed by atoms with Gasteiger partial charge in [-0.2, -0.15) is 0 Å². The molecule has 0 spiro atoms. The Kier molecular flexibility index (Phi) is 4.06. The summed E-state index contributed by atoms with van der Waals surface area (Å²) in [6.07, 6.45) is 3.82. The molecule has 2 heteroatoms. The van der Waals surface area contributed by atoms with Gasteiger partial charge in [0.25, 0.3) is 0 Å². The minimum absolute atomic E-state index is 0.740. The molecule has 0 atom stereocenters. The van der Waals surface area contributed by atoms with Gasteiger partial charge in [0.1, 0.15) is 0 Å². The van der Waals surface area contributed by atoms with Crippen molar-refractivity contribution in [2.45, 2.75) is 0 Å². The highest BCUT2D eigenvalue weighted by molar-refractivity contribution is 6.30. The van der Waals surface area contributed by atoms with Crippen LogP contribution < -0.4 is 0 Å². The van der Waals surface area contributed by atoms with E-state index >= 15 is 0 Å². The number of halogens is 2. The van der Waals surface area contributed by atoms with E-state index < -0.39 is 0 Å². The van der Waals surface area contributed by atoms with Crippen molar-refractivity contribution in [3.63, 3.8) is 0 Å². The summed E-state index contributed by atoms with van der Waals surface area (Å²) in [5, 5.41) is 1.48. The highest BCUT2D eigenvalue weighted by Gasteiger charge is 1.87. The van der Waals surface area contributed by atoms with Gasteiger partial charge in [-0.3, -0.25) is 0 Å². The van der Waals surface area contributed by atoms with E-state index in [1.807, 2.05) is 60.7 Å². The van der Waals surface area contributed by atoms with E-state index in [1.54, 1.807) is 0 Å². The molecule has 2 aromatic carbocycles. The van der Waals surface area contributed by atoms with E-state index in [1.165, 1.54) is 0 Å². The zero-order chi connectivity index (χ0) is 12.1. The zero-order valence-corrected chi connectivity index (χ0v) is 10.5. The van der Waals surface area contributed by atoms with Crippen molar-refractivity contribution in [3.8, 4) is 0 Å². The number of benzene rings is 2. The predicted molar refractivity (Wildman–Crippen MR) is 75.3 cm³/mol. The van der Waals surface area contributed by atoms with Gasteiger partial charge in [-0.05, 0) is 47.5 Å². The Morgan fingerprint density at radius 1 is 0.647 bits per heavy atom. The van der Waals surface area contributed by atoms with Crippen molar-refractivity contribution in [3.05, 3.63) is 75.4 Å². The smallest absolute Gasteiger partial charge is 0.0406 e. The van der Waals surface area contributed by atoms with Crippen LogP contribution in [0.5, 0.6) is 0 Å². The van der Waals surface area contributed by atoms with Crippen molar-refractivity contribution in [2.24, 2.45) is 0 Å². The van der Waals surface area contributed by atoms with Crippen LogP contribution in [0.15, 0.2) is 54.3 Å². The Bertz CT molecular complexity index is 495. The van der Waals surface area contributed by atoms with E-state index in [-0.39, 0.29) is 0 Å². The van der Waals surface area contributed by atoms with Crippen molar-refractivity contribution in [1.29, 1.82) is 0 Å². The minimum atomic E-state index is 0.740. The summed E-state index contributed by atoms with van der Waals surface area (Å²) in [6, 6.07) is 15.2. The maximum atomic E-state index is 5.80. The summed E-state index contributed by atoms with van der Waals surface area (Å²) in [5.41, 5.74) is 5.26. The van der Waals surface area contributed by atoms with E-state index in [4.69, 9.17) is 23.2 Å². The Labute approximate surface area is 111 Å². The minimum Gasteiger partial charge on any atom is -0.120 e. The molecule has 84 valence electrons. The molecule has 0 unspecified atom stereocenters. The first kappa shape index (κ1) is 12.0. The average molecular weight is 261 g/mol. The van der Waals surface area contributed by atoms with Crippen molar-refractivity contribution < 1.29 is 0 Å². The molecule has 0 saturated carbocycles. The Morgan fingerprint density at radius 2 is 1.00 bits per heavy atom. The van der Waals surface area contributed by atoms with Crippen LogP contribution in [-0.4, -0.2) is 0 Å². The van der Waals surface area contributed by atoms with E-state index in [2.05, 4.69) is 5.73 Å². The van der Waals surface area contributed by atoms with E-state index in [0.29, 0.717) is 0 Å². The van der Waals surface area contributed by atoms with Crippen LogP contribution in [0.1, 0.15) is 11.1 Å². The molecule has 0 saturated heterocycles. The molecular formula is C15H10Cl2. The predicted octanol–water partition coefficient (Wildman–Crippen LogP) is 5.32. The molecule has 0 aliphatic rings. The van der Waals surface area contributed by atoms with Crippen LogP contribution in [0.2, 0.25) is 10.0 Å². The molecule has 0 heterocycles. The maximum absolute atomic E-state index is 5.80. The standard InChI is InChI=1S/C15H10Cl2/c16-14-8-4-12(5-9-14)2-1-3-13-6-10-15(17)11-7-13/h2-11H. The summed E-state index contributed by atoms with van der Waals surface area (Å²) >= 11 is 11.6. The largest absolute Gasteiger partial charge is 0.120 e. The summed E-state index contributed by atoms with van der Waals surface area (Å²) in [5.74, 6) is 0. The highest BCUT2D eigenvalue weighted by Crippen LogP contribution is 2.12. The second-order valence-corrected chi connectivity index (χ2v) is 4.43. The van der Waals surface area contributed by atoms with Crippen LogP contribution in [-0.2, 0) is 0 Å². The van der Waals surface area contributed by atoms with Crippen molar-refractivity contribution in [2.75, 3.05) is 0 Å². The van der Waals surface area contributed by atoms with Crippen LogP contribution in [0, 0.1) is 0 Å². The van der Waals surface area contributed by atoms with Crippen LogP contribution in [0.3, 0.4) is 0 Å². The molecular weight excluding hydrogens is 251 g/mol. The van der Waals surface area contributed by atoms with E-state index in [0.717, 1.165) is 21.2 Å². The first-order valence-electron chi connectivity index (χ1n) is 5.18. The fraction of sp³-hybridized carbons (Fsp3) is 0. The van der Waals surface area contributed by atoms with Crippen molar-refractivity contribution in [1.82, 2.24) is 0 Å². The molecule has 0 aromatic heterocycles. The molecule has 0 amide bonds. The normalized spacial score (nSPS) is 9.53. The Morgan fingerprint density at radius 3 is 1.35 bits per heavy atom. The molecule has 0 radical (unpaired) electrons. The molecule has 0 N–H and O–H groups in total. The topological polar surface area (TPSA) is 0 Å². The van der Waals surface area contributed by atoms with Gasteiger partial charge in [0.05, 0.1) is 0 Å². The van der Waals surface area contributed by atoms with Gasteiger partial charge < -0.3 is 0 Å². The van der Waals surface area contributed by atoms with Crippen LogP contribution in [0.4, 0.5) is 0 Å². The lowest BCUT2D eigenvalue weighted by Gasteiger charge is -1.92. The summed E-state index contributed by atoms with van der Waals surface area (Å²) in [4.78, 5) is 0. The number of rotatable bonds is 2. The van der Waals surface area contributed by atoms with Gasteiger partial charge in [0.15, 0.2) is 0 Å². The summed E-state index contributed by atoms with van der Waals surface area (Å²) < 4.78 is 0. The fourth-order valence-corrected chi connectivity index (χ4v) is 1.60. The second kappa shape index (κ2) is 5.75. The molecule has 2 aromatic rings. The third-order valence-electron chi connectivity index (χ3n) is 2.24. The van der Waals surface area contributed by atoms with Crippen LogP contribution >= 0.6 is 23.2 Å². The Hall–Kier alpha value is -1.46. The van der Waals surface area contributed by atoms with Gasteiger partial charge in [0.2, 0.25) is 0 Å². The van der Waals surface area contributed by atoms with Gasteiger partial charge >= 0.3 is 0 Å². The summed E-state index contributed by atoms with van der Waals surface area (Å²) in [6.45, 7) is 0. The lowest BCUT2D eigenvalue weighted by atomic mass is 10.2. The molecule has 0 aliphatic carbocycles. The molecule has 0 aliphatic heterocycles. The zero-order valence-electron chi connectivity index (χ0n) is 9.03. The average Bonchev–Trinajstić information content (AvgIpc) is 2.34. The monoisotopic (exact) mass is 260 g/mol. The lowest BCUT2D eigenvalue weighted by molar-refractivity contribution is 1.65. The van der Waals surface area contributed by atoms with Gasteiger partial charge in [-0.1, -0.05) is 47.5 Å². The van der Waals surface area contributed by atoms with Crippen molar-refractivity contribution >= 4 is 35.4 Å². The SMILES string of the molecule is Clc1ccc(C=C=Cc2ccc(Cl)cc2)cc1. The molecule has 0 bridgehead atoms. The maximum Gasteiger partial charge on any atom is 0.0406 e. The molecule has 0 fully saturated rings. The van der Waals surface area contributed by atoms with Crippen LogP contribution in [0.25, 0.3) is 12.2 Å². The summed E-state index contributed by atoms with van der Waals surface area (Å²) in [7, 11) is 0. The third-order valence-corrected chi connectivity index (χ3v) is 2.74. The van der Waals surface area contributed by atoms with Gasteiger partial charge in [-0.25, -0.2) is 0 Å². The molecule has 2 rings (SSSR count). The quantitative estimate of drug-likeness (QED) is 0.642. The third kappa shape index (κ3) is 3.80. The first-order chi connectivity index (χ1) is 8.24. The first-order valence-corrected chi connectivity index (χ1v) is 5.93. The highest BCUT2D eigenvalue weighted by atomic mass is 35.5. The Balaban J connectivity index is 2.14. The second-order valence-electron chi connectivity index (χ2n) is 3.56. The van der Waals surface area contributed by atoms with Gasteiger partial charge in [0, 0.05) is 10.0 Å². The van der Waals surface area contributed by atoms with Gasteiger partial charge in [-0.15, -0.1) is 5.73 Å². The lowest BCUT2D eigenvalue weighted by Crippen LogP contribution is -1.70. The molecule has 0 nitrogen and oxygen atoms in total. The fourth-order valence-electron chi connectivity index (χ4n) is 1.35. The number of hydrogen-bond acceptors (Lipinski definition) is 0. The number of hydrogen-bond donors (Lipinski definition) is 0.